The van der Waals surface area contributed by atoms with Crippen molar-refractivity contribution in [2.24, 2.45) is 5.73 Å². The zero-order chi connectivity index (χ0) is 17.8. The summed E-state index contributed by atoms with van der Waals surface area (Å²) in [6.07, 6.45) is 0. The van der Waals surface area contributed by atoms with Crippen molar-refractivity contribution in [3.8, 4) is 0 Å². The van der Waals surface area contributed by atoms with E-state index in [1.54, 1.807) is 12.1 Å². The number of hydrogen-bond acceptors (Lipinski definition) is 5. The number of amides is 1. The first-order valence-corrected chi connectivity index (χ1v) is 8.14. The van der Waals surface area contributed by atoms with Crippen molar-refractivity contribution in [2.75, 3.05) is 31.1 Å². The predicted octanol–water partition coefficient (Wildman–Crippen LogP) is 1.94. The van der Waals surface area contributed by atoms with Crippen molar-refractivity contribution >= 4 is 17.3 Å². The minimum absolute atomic E-state index is 0.0836. The van der Waals surface area contributed by atoms with Crippen LogP contribution in [0.4, 0.5) is 11.4 Å². The first-order valence-electron chi connectivity index (χ1n) is 8.14. The number of carbonyl (C=O) groups excluding carboxylic acids is 1. The summed E-state index contributed by atoms with van der Waals surface area (Å²) >= 11 is 0. The molecule has 0 bridgehead atoms. The van der Waals surface area contributed by atoms with Crippen molar-refractivity contribution in [1.82, 2.24) is 4.90 Å². The Bertz CT molecular complexity index is 741. The van der Waals surface area contributed by atoms with E-state index in [0.29, 0.717) is 13.1 Å². The van der Waals surface area contributed by atoms with Crippen molar-refractivity contribution < 1.29 is 9.72 Å². The summed E-state index contributed by atoms with van der Waals surface area (Å²) in [5.41, 5.74) is 7.56. The average molecular weight is 340 g/mol. The zero-order valence-corrected chi connectivity index (χ0v) is 13.7. The van der Waals surface area contributed by atoms with Crippen LogP contribution in [0.5, 0.6) is 0 Å². The van der Waals surface area contributed by atoms with Crippen molar-refractivity contribution in [3.05, 3.63) is 70.3 Å². The summed E-state index contributed by atoms with van der Waals surface area (Å²) in [4.78, 5) is 26.5. The van der Waals surface area contributed by atoms with Crippen LogP contribution < -0.4 is 10.6 Å². The summed E-state index contributed by atoms with van der Waals surface area (Å²) in [6.45, 7) is 2.85. The third-order valence-electron chi connectivity index (χ3n) is 4.49. The van der Waals surface area contributed by atoms with Crippen molar-refractivity contribution in [3.63, 3.8) is 0 Å². The fourth-order valence-electron chi connectivity index (χ4n) is 3.21. The molecule has 1 atom stereocenters. The lowest BCUT2D eigenvalue weighted by molar-refractivity contribution is -0.384. The second-order valence-corrected chi connectivity index (χ2v) is 6.01. The highest BCUT2D eigenvalue weighted by molar-refractivity contribution is 5.81. The molecule has 1 heterocycles. The van der Waals surface area contributed by atoms with Gasteiger partial charge < -0.3 is 10.6 Å². The van der Waals surface area contributed by atoms with Gasteiger partial charge in [0.1, 0.15) is 6.04 Å². The van der Waals surface area contributed by atoms with Crippen LogP contribution >= 0.6 is 0 Å². The molecule has 0 saturated carbocycles. The van der Waals surface area contributed by atoms with Gasteiger partial charge in [0.2, 0.25) is 5.91 Å². The molecule has 1 unspecified atom stereocenters. The SMILES string of the molecule is NC(=O)C(c1ccccc1)N1CCN(c2ccc([N+](=O)[O-])cc2)CC1. The minimum Gasteiger partial charge on any atom is -0.369 e. The lowest BCUT2D eigenvalue weighted by atomic mass is 10.0. The van der Waals surface area contributed by atoms with Gasteiger partial charge in [-0.15, -0.1) is 0 Å². The number of non-ortho nitro benzene ring substituents is 1. The Labute approximate surface area is 145 Å². The fourth-order valence-corrected chi connectivity index (χ4v) is 3.21. The molecule has 2 N–H and O–H groups in total. The van der Waals surface area contributed by atoms with Crippen LogP contribution in [0.1, 0.15) is 11.6 Å². The number of nitro benzene ring substituents is 1. The predicted molar refractivity (Wildman–Crippen MR) is 95.3 cm³/mol. The maximum absolute atomic E-state index is 12.0. The van der Waals surface area contributed by atoms with Gasteiger partial charge in [0.25, 0.3) is 5.69 Å². The number of nitro groups is 1. The van der Waals surface area contributed by atoms with E-state index in [0.717, 1.165) is 24.3 Å². The standard InChI is InChI=1S/C18H20N4O3/c19-18(23)17(14-4-2-1-3-5-14)21-12-10-20(11-13-21)15-6-8-16(9-7-15)22(24)25/h1-9,17H,10-13H2,(H2,19,23). The van der Waals surface area contributed by atoms with Gasteiger partial charge in [0, 0.05) is 44.0 Å². The van der Waals surface area contributed by atoms with E-state index >= 15 is 0 Å². The Morgan fingerprint density at radius 3 is 2.12 bits per heavy atom. The van der Waals surface area contributed by atoms with E-state index in [1.165, 1.54) is 12.1 Å². The molecule has 2 aromatic rings. The Morgan fingerprint density at radius 1 is 1.00 bits per heavy atom. The molecule has 1 aliphatic rings. The lowest BCUT2D eigenvalue weighted by Crippen LogP contribution is -2.50. The number of primary amides is 1. The van der Waals surface area contributed by atoms with Crippen LogP contribution in [0.25, 0.3) is 0 Å². The first kappa shape index (κ1) is 16.9. The number of carbonyl (C=O) groups is 1. The quantitative estimate of drug-likeness (QED) is 0.663. The Morgan fingerprint density at radius 2 is 1.60 bits per heavy atom. The molecule has 7 nitrogen and oxygen atoms in total. The number of benzene rings is 2. The normalized spacial score (nSPS) is 16.4. The Kier molecular flexibility index (Phi) is 4.95. The van der Waals surface area contributed by atoms with Gasteiger partial charge in [0.15, 0.2) is 0 Å². The largest absolute Gasteiger partial charge is 0.369 e. The van der Waals surface area contributed by atoms with Gasteiger partial charge >= 0.3 is 0 Å². The van der Waals surface area contributed by atoms with Crippen LogP contribution in [0.2, 0.25) is 0 Å². The lowest BCUT2D eigenvalue weighted by Gasteiger charge is -2.39. The van der Waals surface area contributed by atoms with E-state index < -0.39 is 11.0 Å². The molecule has 0 aromatic heterocycles. The van der Waals surface area contributed by atoms with E-state index in [9.17, 15) is 14.9 Å². The molecule has 3 rings (SSSR count). The van der Waals surface area contributed by atoms with Crippen LogP contribution in [-0.2, 0) is 4.79 Å². The van der Waals surface area contributed by atoms with Gasteiger partial charge in [-0.25, -0.2) is 0 Å². The van der Waals surface area contributed by atoms with Gasteiger partial charge in [-0.2, -0.15) is 0 Å². The molecule has 7 heteroatoms. The molecule has 0 radical (unpaired) electrons. The maximum Gasteiger partial charge on any atom is 0.269 e. The third kappa shape index (κ3) is 3.77. The number of nitrogens with zero attached hydrogens (tertiary/aromatic N) is 3. The van der Waals surface area contributed by atoms with Gasteiger partial charge in [-0.05, 0) is 17.7 Å². The number of rotatable bonds is 5. The summed E-state index contributed by atoms with van der Waals surface area (Å²) < 4.78 is 0. The number of nitrogens with two attached hydrogens (primary N) is 1. The maximum atomic E-state index is 12.0. The topological polar surface area (TPSA) is 92.7 Å². The number of piperazine rings is 1. The summed E-state index contributed by atoms with van der Waals surface area (Å²) in [7, 11) is 0. The Balaban J connectivity index is 1.68. The molecular weight excluding hydrogens is 320 g/mol. The number of hydrogen-bond donors (Lipinski definition) is 1. The summed E-state index contributed by atoms with van der Waals surface area (Å²) in [6, 6.07) is 15.7. The molecule has 0 aliphatic carbocycles. The number of anilines is 1. The molecule has 1 aliphatic heterocycles. The summed E-state index contributed by atoms with van der Waals surface area (Å²) in [5, 5.41) is 10.7. The average Bonchev–Trinajstić information content (AvgIpc) is 2.63. The smallest absolute Gasteiger partial charge is 0.269 e. The van der Waals surface area contributed by atoms with E-state index in [1.807, 2.05) is 30.3 Å². The van der Waals surface area contributed by atoms with E-state index in [4.69, 9.17) is 5.73 Å². The molecule has 1 amide bonds. The molecule has 1 fully saturated rings. The zero-order valence-electron chi connectivity index (χ0n) is 13.7. The van der Waals surface area contributed by atoms with Crippen molar-refractivity contribution in [2.45, 2.75) is 6.04 Å². The van der Waals surface area contributed by atoms with E-state index in [2.05, 4.69) is 9.80 Å². The molecule has 25 heavy (non-hydrogen) atoms. The highest BCUT2D eigenvalue weighted by Crippen LogP contribution is 2.25. The minimum atomic E-state index is -0.430. The fraction of sp³-hybridized carbons (Fsp3) is 0.278. The molecule has 0 spiro atoms. The second-order valence-electron chi connectivity index (χ2n) is 6.01. The highest BCUT2D eigenvalue weighted by atomic mass is 16.6. The highest BCUT2D eigenvalue weighted by Gasteiger charge is 2.29. The van der Waals surface area contributed by atoms with Crippen LogP contribution in [0, 0.1) is 10.1 Å². The van der Waals surface area contributed by atoms with Crippen molar-refractivity contribution in [1.29, 1.82) is 0 Å². The molecule has 2 aromatic carbocycles. The van der Waals surface area contributed by atoms with Gasteiger partial charge in [0.05, 0.1) is 4.92 Å². The van der Waals surface area contributed by atoms with Crippen LogP contribution in [-0.4, -0.2) is 41.9 Å². The second kappa shape index (κ2) is 7.31. The molecule has 1 saturated heterocycles. The first-order chi connectivity index (χ1) is 12.1. The molecule has 130 valence electrons. The summed E-state index contributed by atoms with van der Waals surface area (Å²) in [5.74, 6) is -0.352. The van der Waals surface area contributed by atoms with Crippen LogP contribution in [0.15, 0.2) is 54.6 Å². The van der Waals surface area contributed by atoms with Crippen LogP contribution in [0.3, 0.4) is 0 Å². The van der Waals surface area contributed by atoms with Gasteiger partial charge in [-0.3, -0.25) is 19.8 Å². The monoisotopic (exact) mass is 340 g/mol. The molecular formula is C18H20N4O3. The third-order valence-corrected chi connectivity index (χ3v) is 4.49. The van der Waals surface area contributed by atoms with Gasteiger partial charge in [-0.1, -0.05) is 30.3 Å². The Hall–Kier alpha value is -2.93. The van der Waals surface area contributed by atoms with E-state index in [-0.39, 0.29) is 11.6 Å².